The first-order valence-electron chi connectivity index (χ1n) is 6.42. The Kier molecular flexibility index (Phi) is 4.26. The van der Waals surface area contributed by atoms with Crippen molar-refractivity contribution < 1.29 is 14.5 Å². The molecule has 0 aliphatic rings. The topological polar surface area (TPSA) is 102 Å². The Morgan fingerprint density at radius 3 is 2.55 bits per heavy atom. The zero-order chi connectivity index (χ0) is 16.3. The number of hydrogen-bond acceptors (Lipinski definition) is 5. The number of carbonyl (C=O) groups excluding carboxylic acids is 2. The van der Waals surface area contributed by atoms with Crippen LogP contribution in [0.25, 0.3) is 0 Å². The Bertz CT molecular complexity index is 771. The van der Waals surface area contributed by atoms with Gasteiger partial charge < -0.3 is 0 Å². The molecule has 0 bridgehead atoms. The van der Waals surface area contributed by atoms with Crippen molar-refractivity contribution in [1.82, 2.24) is 10.3 Å². The third-order valence-electron chi connectivity index (χ3n) is 3.04. The maximum Gasteiger partial charge on any atom is 0.288 e. The second-order valence-corrected chi connectivity index (χ2v) is 4.74. The predicted octanol–water partition coefficient (Wildman–Crippen LogP) is 2.18. The van der Waals surface area contributed by atoms with Crippen molar-refractivity contribution in [3.63, 3.8) is 0 Å². The van der Waals surface area contributed by atoms with Gasteiger partial charge in [0.2, 0.25) is 0 Å². The number of benzene rings is 1. The number of nitrogens with zero attached hydrogens (tertiary/aromatic N) is 2. The van der Waals surface area contributed by atoms with Crippen LogP contribution in [-0.4, -0.2) is 21.7 Å². The van der Waals surface area contributed by atoms with E-state index < -0.39 is 16.7 Å². The van der Waals surface area contributed by atoms with E-state index in [1.807, 2.05) is 13.0 Å². The van der Waals surface area contributed by atoms with E-state index >= 15 is 0 Å². The summed E-state index contributed by atoms with van der Waals surface area (Å²) in [6, 6.07) is 7.85. The molecule has 0 unspecified atom stereocenters. The van der Waals surface area contributed by atoms with Crippen LogP contribution in [0.4, 0.5) is 5.69 Å². The number of pyridine rings is 1. The van der Waals surface area contributed by atoms with Crippen molar-refractivity contribution in [2.45, 2.75) is 13.8 Å². The summed E-state index contributed by atoms with van der Waals surface area (Å²) in [5, 5.41) is 12.9. The minimum absolute atomic E-state index is 0.00444. The Labute approximate surface area is 126 Å². The molecule has 1 heterocycles. The van der Waals surface area contributed by atoms with Gasteiger partial charge in [0, 0.05) is 11.6 Å². The summed E-state index contributed by atoms with van der Waals surface area (Å²) in [5.74, 6) is -1.29. The maximum absolute atomic E-state index is 12.1. The summed E-state index contributed by atoms with van der Waals surface area (Å²) >= 11 is 0. The van der Waals surface area contributed by atoms with E-state index in [0.717, 1.165) is 17.8 Å². The lowest BCUT2D eigenvalue weighted by Gasteiger charge is -2.06. The number of rotatable bonds is 3. The first kappa shape index (κ1) is 15.3. The third kappa shape index (κ3) is 3.32. The highest BCUT2D eigenvalue weighted by atomic mass is 16.6. The summed E-state index contributed by atoms with van der Waals surface area (Å²) < 4.78 is 0. The predicted molar refractivity (Wildman–Crippen MR) is 78.6 cm³/mol. The standard InChI is InChI=1S/C15H13N3O4/c1-9-4-3-5-11(6-9)14(19)17-15(20)13-7-12(18(21)22)8-16-10(13)2/h3-8H,1-2H3,(H,17,19,20). The van der Waals surface area contributed by atoms with Crippen LogP contribution in [-0.2, 0) is 0 Å². The van der Waals surface area contributed by atoms with Crippen molar-refractivity contribution in [2.24, 2.45) is 0 Å². The molecule has 0 atom stereocenters. The zero-order valence-corrected chi connectivity index (χ0v) is 12.0. The Balaban J connectivity index is 2.24. The minimum atomic E-state index is -0.722. The van der Waals surface area contributed by atoms with Gasteiger partial charge in [0.05, 0.1) is 16.2 Å². The fraction of sp³-hybridized carbons (Fsp3) is 0.133. The molecule has 7 nitrogen and oxygen atoms in total. The molecule has 0 spiro atoms. The van der Waals surface area contributed by atoms with Crippen LogP contribution in [0.3, 0.4) is 0 Å². The van der Waals surface area contributed by atoms with Gasteiger partial charge in [0.1, 0.15) is 6.20 Å². The molecule has 0 aliphatic heterocycles. The molecular formula is C15H13N3O4. The molecular weight excluding hydrogens is 286 g/mol. The van der Waals surface area contributed by atoms with E-state index in [4.69, 9.17) is 0 Å². The average molecular weight is 299 g/mol. The molecule has 22 heavy (non-hydrogen) atoms. The molecule has 0 aliphatic carbocycles. The summed E-state index contributed by atoms with van der Waals surface area (Å²) in [5.41, 5.74) is 1.21. The van der Waals surface area contributed by atoms with Crippen molar-refractivity contribution in [1.29, 1.82) is 0 Å². The molecule has 2 rings (SSSR count). The fourth-order valence-electron chi connectivity index (χ4n) is 1.88. The van der Waals surface area contributed by atoms with Crippen LogP contribution in [0.2, 0.25) is 0 Å². The Hall–Kier alpha value is -3.09. The average Bonchev–Trinajstić information content (AvgIpc) is 2.47. The second kappa shape index (κ2) is 6.13. The van der Waals surface area contributed by atoms with Crippen LogP contribution in [0.5, 0.6) is 0 Å². The van der Waals surface area contributed by atoms with E-state index in [1.54, 1.807) is 18.2 Å². The van der Waals surface area contributed by atoms with Gasteiger partial charge in [-0.15, -0.1) is 0 Å². The number of carbonyl (C=O) groups is 2. The molecule has 0 fully saturated rings. The molecule has 2 aromatic rings. The summed E-state index contributed by atoms with van der Waals surface area (Å²) in [6.45, 7) is 3.36. The van der Waals surface area contributed by atoms with Crippen LogP contribution in [0.1, 0.15) is 32.0 Å². The normalized spacial score (nSPS) is 10.1. The highest BCUT2D eigenvalue weighted by Gasteiger charge is 2.18. The van der Waals surface area contributed by atoms with Gasteiger partial charge >= 0.3 is 0 Å². The lowest BCUT2D eigenvalue weighted by atomic mass is 10.1. The van der Waals surface area contributed by atoms with E-state index in [0.29, 0.717) is 11.3 Å². The van der Waals surface area contributed by atoms with Gasteiger partial charge in [-0.05, 0) is 26.0 Å². The molecule has 0 radical (unpaired) electrons. The molecule has 1 aromatic heterocycles. The largest absolute Gasteiger partial charge is 0.288 e. The summed E-state index contributed by atoms with van der Waals surface area (Å²) in [4.78, 5) is 38.0. The van der Waals surface area contributed by atoms with E-state index in [9.17, 15) is 19.7 Å². The SMILES string of the molecule is Cc1cccc(C(=O)NC(=O)c2cc([N+](=O)[O-])cnc2C)c1. The highest BCUT2D eigenvalue weighted by molar-refractivity contribution is 6.10. The number of aromatic nitrogens is 1. The Morgan fingerprint density at radius 1 is 1.18 bits per heavy atom. The van der Waals surface area contributed by atoms with Gasteiger partial charge in [-0.25, -0.2) is 0 Å². The Morgan fingerprint density at radius 2 is 1.91 bits per heavy atom. The van der Waals surface area contributed by atoms with Crippen LogP contribution < -0.4 is 5.32 Å². The monoisotopic (exact) mass is 299 g/mol. The van der Waals surface area contributed by atoms with E-state index in [1.165, 1.54) is 6.92 Å². The summed E-state index contributed by atoms with van der Waals surface area (Å²) in [6.07, 6.45) is 1.06. The molecule has 2 amide bonds. The van der Waals surface area contributed by atoms with E-state index in [2.05, 4.69) is 10.3 Å². The molecule has 1 aromatic carbocycles. The lowest BCUT2D eigenvalue weighted by molar-refractivity contribution is -0.385. The maximum atomic E-state index is 12.1. The molecule has 0 saturated heterocycles. The number of nitro groups is 1. The van der Waals surface area contributed by atoms with Crippen molar-refractivity contribution >= 4 is 17.5 Å². The van der Waals surface area contributed by atoms with Crippen LogP contribution in [0, 0.1) is 24.0 Å². The van der Waals surface area contributed by atoms with Crippen LogP contribution >= 0.6 is 0 Å². The first-order valence-corrected chi connectivity index (χ1v) is 6.42. The number of imide groups is 1. The molecule has 1 N–H and O–H groups in total. The van der Waals surface area contributed by atoms with Crippen molar-refractivity contribution in [2.75, 3.05) is 0 Å². The zero-order valence-electron chi connectivity index (χ0n) is 12.0. The van der Waals surface area contributed by atoms with Crippen molar-refractivity contribution in [3.05, 3.63) is 69.0 Å². The second-order valence-electron chi connectivity index (χ2n) is 4.74. The fourth-order valence-corrected chi connectivity index (χ4v) is 1.88. The molecule has 112 valence electrons. The first-order chi connectivity index (χ1) is 10.4. The quantitative estimate of drug-likeness (QED) is 0.531. The minimum Gasteiger partial charge on any atom is -0.288 e. The number of aryl methyl sites for hydroxylation is 2. The van der Waals surface area contributed by atoms with Gasteiger partial charge in [0.15, 0.2) is 0 Å². The van der Waals surface area contributed by atoms with Gasteiger partial charge in [-0.1, -0.05) is 17.7 Å². The summed E-state index contributed by atoms with van der Waals surface area (Å²) in [7, 11) is 0. The lowest BCUT2D eigenvalue weighted by Crippen LogP contribution is -2.31. The third-order valence-corrected chi connectivity index (χ3v) is 3.04. The van der Waals surface area contributed by atoms with Crippen LogP contribution in [0.15, 0.2) is 36.5 Å². The number of hydrogen-bond donors (Lipinski definition) is 1. The number of nitrogens with one attached hydrogen (secondary N) is 1. The van der Waals surface area contributed by atoms with Gasteiger partial charge in [-0.3, -0.25) is 30.0 Å². The van der Waals surface area contributed by atoms with Gasteiger partial charge in [0.25, 0.3) is 17.5 Å². The number of amides is 2. The molecule has 0 saturated carbocycles. The smallest absolute Gasteiger partial charge is 0.288 e. The highest BCUT2D eigenvalue weighted by Crippen LogP contribution is 2.15. The molecule has 7 heteroatoms. The van der Waals surface area contributed by atoms with Gasteiger partial charge in [-0.2, -0.15) is 0 Å². The van der Waals surface area contributed by atoms with E-state index in [-0.39, 0.29) is 11.3 Å². The van der Waals surface area contributed by atoms with Crippen molar-refractivity contribution in [3.8, 4) is 0 Å².